The number of hydrogen-bond acceptors (Lipinski definition) is 7. The van der Waals surface area contributed by atoms with E-state index in [1.54, 1.807) is 20.9 Å². The maximum atomic E-state index is 11.6. The Morgan fingerprint density at radius 1 is 1.47 bits per heavy atom. The van der Waals surface area contributed by atoms with Crippen molar-refractivity contribution in [3.8, 4) is 0 Å². The minimum atomic E-state index is -0.687. The molecule has 0 amide bonds. The summed E-state index contributed by atoms with van der Waals surface area (Å²) in [6.45, 7) is 3.87. The maximum Gasteiger partial charge on any atom is 0.379 e. The fraction of sp³-hybridized carbons (Fsp3) is 0.667. The van der Waals surface area contributed by atoms with Gasteiger partial charge in [-0.05, 0) is 23.9 Å². The number of carbonyl (C=O) groups is 1. The summed E-state index contributed by atoms with van der Waals surface area (Å²) in [4.78, 5) is 27.0. The van der Waals surface area contributed by atoms with Crippen LogP contribution in [0.2, 0.25) is 0 Å². The highest BCUT2D eigenvalue weighted by Gasteiger charge is 2.43. The molecule has 1 heterocycles. The fourth-order valence-corrected chi connectivity index (χ4v) is 1.48. The van der Waals surface area contributed by atoms with Crippen molar-refractivity contribution in [1.29, 1.82) is 0 Å². The topological polar surface area (TPSA) is 85.1 Å². The van der Waals surface area contributed by atoms with Crippen molar-refractivity contribution in [2.75, 3.05) is 26.8 Å². The van der Waals surface area contributed by atoms with Crippen LogP contribution in [0.15, 0.2) is 11.4 Å². The summed E-state index contributed by atoms with van der Waals surface area (Å²) in [7, 11) is 1.59. The van der Waals surface area contributed by atoms with E-state index >= 15 is 0 Å². The van der Waals surface area contributed by atoms with Gasteiger partial charge in [-0.1, -0.05) is 0 Å². The van der Waals surface area contributed by atoms with Crippen molar-refractivity contribution in [3.63, 3.8) is 0 Å². The van der Waals surface area contributed by atoms with Gasteiger partial charge in [0.15, 0.2) is 5.57 Å². The summed E-state index contributed by atoms with van der Waals surface area (Å²) in [5, 5.41) is 13.4. The molecule has 1 aliphatic heterocycles. The molecule has 8 nitrogen and oxygen atoms in total. The van der Waals surface area contributed by atoms with Crippen molar-refractivity contribution >= 4 is 5.97 Å². The van der Waals surface area contributed by atoms with E-state index in [4.69, 9.17) is 9.57 Å². The van der Waals surface area contributed by atoms with Gasteiger partial charge in [-0.2, -0.15) is 4.84 Å². The Labute approximate surface area is 98.4 Å². The Hall–Kier alpha value is -1.67. The summed E-state index contributed by atoms with van der Waals surface area (Å²) in [6.07, 6.45) is 0. The zero-order chi connectivity index (χ0) is 13.0. The molecule has 0 aromatic heterocycles. The lowest BCUT2D eigenvalue weighted by molar-refractivity contribution is -0.482. The third-order valence-electron chi connectivity index (χ3n) is 2.09. The number of carbonyl (C=O) groups excluding carboxylic acids is 1. The molecule has 1 aliphatic rings. The Kier molecular flexibility index (Phi) is 4.41. The quantitative estimate of drug-likeness (QED) is 0.387. The number of nitro groups is 1. The lowest BCUT2D eigenvalue weighted by Gasteiger charge is -2.16. The molecule has 0 spiro atoms. The van der Waals surface area contributed by atoms with Gasteiger partial charge >= 0.3 is 11.8 Å². The molecule has 0 N–H and O–H groups in total. The third kappa shape index (κ3) is 2.71. The number of likely N-dealkylation sites (N-methyl/N-ethyl adjacent to an activating group) is 1. The van der Waals surface area contributed by atoms with E-state index in [1.807, 2.05) is 0 Å². The molecule has 0 bridgehead atoms. The fourth-order valence-electron chi connectivity index (χ4n) is 1.48. The van der Waals surface area contributed by atoms with E-state index in [2.05, 4.69) is 0 Å². The van der Waals surface area contributed by atoms with Gasteiger partial charge in [-0.25, -0.2) is 4.79 Å². The number of hydrazine groups is 1. The van der Waals surface area contributed by atoms with E-state index in [0.29, 0.717) is 0 Å². The molecular formula is C9H15N3O5. The van der Waals surface area contributed by atoms with Crippen LogP contribution < -0.4 is 0 Å². The normalized spacial score (nSPS) is 16.5. The lowest BCUT2D eigenvalue weighted by Crippen LogP contribution is -2.36. The van der Waals surface area contributed by atoms with Crippen LogP contribution in [0.5, 0.6) is 0 Å². The van der Waals surface area contributed by atoms with Crippen LogP contribution in [0.25, 0.3) is 0 Å². The summed E-state index contributed by atoms with van der Waals surface area (Å²) < 4.78 is 4.77. The summed E-state index contributed by atoms with van der Waals surface area (Å²) in [6, 6.07) is 0. The second kappa shape index (κ2) is 5.60. The minimum Gasteiger partial charge on any atom is -0.462 e. The van der Waals surface area contributed by atoms with E-state index in [1.165, 1.54) is 5.01 Å². The Balaban J connectivity index is 3.03. The van der Waals surface area contributed by atoms with Crippen LogP contribution in [-0.2, 0) is 14.4 Å². The average molecular weight is 245 g/mol. The molecular weight excluding hydrogens is 230 g/mol. The first-order valence-electron chi connectivity index (χ1n) is 5.21. The van der Waals surface area contributed by atoms with Crippen molar-refractivity contribution in [1.82, 2.24) is 10.2 Å². The molecule has 0 aromatic carbocycles. The number of rotatable bonds is 5. The smallest absolute Gasteiger partial charge is 0.379 e. The van der Waals surface area contributed by atoms with Gasteiger partial charge in [0.05, 0.1) is 19.8 Å². The Morgan fingerprint density at radius 2 is 2.12 bits per heavy atom. The number of hydroxylamine groups is 1. The van der Waals surface area contributed by atoms with Crippen molar-refractivity contribution in [2.45, 2.75) is 13.8 Å². The SMILES string of the molecule is CCOC(=O)C1=C([N+](=O)[O-])N(OCC)N(C)C1. The number of nitrogens with zero attached hydrogens (tertiary/aromatic N) is 3. The first kappa shape index (κ1) is 13.4. The molecule has 0 fully saturated rings. The van der Waals surface area contributed by atoms with Gasteiger partial charge in [0.1, 0.15) is 0 Å². The standard InChI is InChI=1S/C9H15N3O5/c1-4-16-9(13)7-6-10(3)11(17-5-2)8(7)12(14)15/h4-6H2,1-3H3. The molecule has 1 rings (SSSR count). The molecule has 96 valence electrons. The Bertz CT molecular complexity index is 355. The highest BCUT2D eigenvalue weighted by molar-refractivity contribution is 5.89. The Morgan fingerprint density at radius 3 is 2.59 bits per heavy atom. The van der Waals surface area contributed by atoms with E-state index < -0.39 is 10.9 Å². The highest BCUT2D eigenvalue weighted by Crippen LogP contribution is 2.23. The predicted octanol–water partition coefficient (Wildman–Crippen LogP) is 0.152. The van der Waals surface area contributed by atoms with Gasteiger partial charge in [0.2, 0.25) is 0 Å². The largest absolute Gasteiger partial charge is 0.462 e. The lowest BCUT2D eigenvalue weighted by atomic mass is 10.3. The van der Waals surface area contributed by atoms with Crippen LogP contribution in [0, 0.1) is 10.1 Å². The van der Waals surface area contributed by atoms with Gasteiger partial charge in [-0.15, -0.1) is 5.01 Å². The van der Waals surface area contributed by atoms with Crippen molar-refractivity contribution in [2.24, 2.45) is 0 Å². The maximum absolute atomic E-state index is 11.6. The zero-order valence-electron chi connectivity index (χ0n) is 10.0. The first-order chi connectivity index (χ1) is 8.02. The molecule has 0 atom stereocenters. The van der Waals surface area contributed by atoms with Crippen LogP contribution in [-0.4, -0.2) is 47.9 Å². The van der Waals surface area contributed by atoms with Crippen LogP contribution in [0.1, 0.15) is 13.8 Å². The summed E-state index contributed by atoms with van der Waals surface area (Å²) in [5.41, 5.74) is -0.00667. The molecule has 0 aromatic rings. The summed E-state index contributed by atoms with van der Waals surface area (Å²) >= 11 is 0. The number of hydrogen-bond donors (Lipinski definition) is 0. The molecule has 17 heavy (non-hydrogen) atoms. The van der Waals surface area contributed by atoms with E-state index in [-0.39, 0.29) is 31.2 Å². The van der Waals surface area contributed by atoms with Crippen LogP contribution in [0.4, 0.5) is 0 Å². The molecule has 8 heteroatoms. The van der Waals surface area contributed by atoms with Gasteiger partial charge in [0.25, 0.3) is 0 Å². The third-order valence-corrected chi connectivity index (χ3v) is 2.09. The van der Waals surface area contributed by atoms with E-state index in [9.17, 15) is 14.9 Å². The highest BCUT2D eigenvalue weighted by atomic mass is 16.7. The minimum absolute atomic E-state index is 0.00667. The monoisotopic (exact) mass is 245 g/mol. The van der Waals surface area contributed by atoms with Gasteiger partial charge < -0.3 is 14.9 Å². The number of esters is 1. The molecule has 0 radical (unpaired) electrons. The first-order valence-corrected chi connectivity index (χ1v) is 5.21. The predicted molar refractivity (Wildman–Crippen MR) is 56.7 cm³/mol. The van der Waals surface area contributed by atoms with Gasteiger partial charge in [-0.3, -0.25) is 0 Å². The van der Waals surface area contributed by atoms with Crippen molar-refractivity contribution < 1.29 is 19.3 Å². The van der Waals surface area contributed by atoms with Gasteiger partial charge in [0, 0.05) is 7.05 Å². The second-order valence-corrected chi connectivity index (χ2v) is 3.29. The molecule has 0 saturated carbocycles. The number of ether oxygens (including phenoxy) is 1. The van der Waals surface area contributed by atoms with Crippen LogP contribution in [0.3, 0.4) is 0 Å². The second-order valence-electron chi connectivity index (χ2n) is 3.29. The van der Waals surface area contributed by atoms with Crippen molar-refractivity contribution in [3.05, 3.63) is 21.5 Å². The molecule has 0 aliphatic carbocycles. The van der Waals surface area contributed by atoms with Crippen LogP contribution >= 0.6 is 0 Å². The molecule has 0 saturated heterocycles. The zero-order valence-corrected chi connectivity index (χ0v) is 10.0. The van der Waals surface area contributed by atoms with E-state index in [0.717, 1.165) is 5.17 Å². The average Bonchev–Trinajstić information content (AvgIpc) is 2.57. The summed E-state index contributed by atoms with van der Waals surface area (Å²) in [5.74, 6) is -1.07. The molecule has 0 unspecified atom stereocenters.